The zero-order chi connectivity index (χ0) is 20.2. The molecule has 2 unspecified atom stereocenters. The number of hydrogen-bond donors (Lipinski definition) is 4. The molecule has 0 fully saturated rings. The Balaban J connectivity index is 2.50. The van der Waals surface area contributed by atoms with E-state index in [1.807, 2.05) is 17.5 Å². The fourth-order valence-electron chi connectivity index (χ4n) is 1.77. The summed E-state index contributed by atoms with van der Waals surface area (Å²) in [6.07, 6.45) is -0.122. The van der Waals surface area contributed by atoms with Crippen LogP contribution < -0.4 is 21.5 Å². The summed E-state index contributed by atoms with van der Waals surface area (Å²) in [5.41, 5.74) is 3.37. The topological polar surface area (TPSA) is 163 Å². The van der Waals surface area contributed by atoms with Crippen molar-refractivity contribution in [3.63, 3.8) is 0 Å². The van der Waals surface area contributed by atoms with Gasteiger partial charge in [0.1, 0.15) is 0 Å². The van der Waals surface area contributed by atoms with Crippen LogP contribution in [0.2, 0.25) is 0 Å². The number of hydrogen-bond acceptors (Lipinski definition) is 7. The second kappa shape index (κ2) is 12.7. The summed E-state index contributed by atoms with van der Waals surface area (Å²) in [7, 11) is 1.52. The standard InChI is InChI=1S/C15H21N3O6S2Se/c16-10(15(23)24)3-4-12(19)18-11(14(22)17-6-13(20)21)7-26-27-8-9-2-1-5-25-9/h1-2,5,10-11H,3-4,6-8,16H2,(H,17,22)(H,18,19)(H,20,21)(H,23,24). The van der Waals surface area contributed by atoms with Gasteiger partial charge in [-0.1, -0.05) is 0 Å². The number of quaternary nitrogens is 1. The van der Waals surface area contributed by atoms with E-state index in [4.69, 9.17) is 5.11 Å². The van der Waals surface area contributed by atoms with Gasteiger partial charge in [-0.3, -0.25) is 0 Å². The molecule has 2 atom stereocenters. The third kappa shape index (κ3) is 10.4. The van der Waals surface area contributed by atoms with Gasteiger partial charge in [-0.15, -0.1) is 0 Å². The van der Waals surface area contributed by atoms with Crippen molar-refractivity contribution < 1.29 is 35.1 Å². The Kier molecular flexibility index (Phi) is 11.1. The van der Waals surface area contributed by atoms with Crippen molar-refractivity contribution in [3.8, 4) is 0 Å². The van der Waals surface area contributed by atoms with Crippen LogP contribution in [0.1, 0.15) is 17.7 Å². The van der Waals surface area contributed by atoms with Gasteiger partial charge in [-0.25, -0.2) is 0 Å². The Morgan fingerprint density at radius 2 is 2.11 bits per heavy atom. The molecule has 2 amide bonds. The normalized spacial score (nSPS) is 12.8. The molecule has 0 saturated heterocycles. The van der Waals surface area contributed by atoms with E-state index >= 15 is 0 Å². The van der Waals surface area contributed by atoms with Crippen LogP contribution in [0.15, 0.2) is 17.5 Å². The predicted molar refractivity (Wildman–Crippen MR) is 99.7 cm³/mol. The van der Waals surface area contributed by atoms with Crippen LogP contribution in [-0.4, -0.2) is 67.1 Å². The molecule has 0 saturated carbocycles. The van der Waals surface area contributed by atoms with Crippen LogP contribution in [-0.2, 0) is 24.5 Å². The molecule has 0 aliphatic heterocycles. The third-order valence-corrected chi connectivity index (χ3v) is 8.56. The predicted octanol–water partition coefficient (Wildman–Crippen LogP) is -2.57. The van der Waals surface area contributed by atoms with Gasteiger partial charge in [0, 0.05) is 0 Å². The van der Waals surface area contributed by atoms with Crippen LogP contribution in [0.3, 0.4) is 0 Å². The molecule has 0 bridgehead atoms. The minimum atomic E-state index is -1.34. The summed E-state index contributed by atoms with van der Waals surface area (Å²) in [5, 5.41) is 27.0. The Hall–Kier alpha value is -1.59. The Morgan fingerprint density at radius 3 is 2.70 bits per heavy atom. The van der Waals surface area contributed by atoms with Gasteiger partial charge < -0.3 is 0 Å². The van der Waals surface area contributed by atoms with Gasteiger partial charge >= 0.3 is 170 Å². The van der Waals surface area contributed by atoms with E-state index in [2.05, 4.69) is 16.4 Å². The molecule has 0 aromatic carbocycles. The molecule has 6 N–H and O–H groups in total. The second-order valence-corrected chi connectivity index (χ2v) is 10.8. The van der Waals surface area contributed by atoms with Gasteiger partial charge in [-0.05, 0) is 0 Å². The fraction of sp³-hybridized carbons (Fsp3) is 0.467. The summed E-state index contributed by atoms with van der Waals surface area (Å²) >= 11 is 1.81. The van der Waals surface area contributed by atoms with Crippen LogP contribution in [0.5, 0.6) is 0 Å². The number of amides is 2. The second-order valence-electron chi connectivity index (χ2n) is 5.41. The van der Waals surface area contributed by atoms with Crippen LogP contribution in [0.4, 0.5) is 0 Å². The van der Waals surface area contributed by atoms with Crippen molar-refractivity contribution in [1.29, 1.82) is 0 Å². The number of carbonyl (C=O) groups is 4. The maximum absolute atomic E-state index is 12.1. The molecule has 150 valence electrons. The molecule has 27 heavy (non-hydrogen) atoms. The summed E-state index contributed by atoms with van der Waals surface area (Å²) in [5.74, 6) is -3.30. The first-order valence-corrected chi connectivity index (χ1v) is 13.0. The van der Waals surface area contributed by atoms with Gasteiger partial charge in [0.2, 0.25) is 0 Å². The van der Waals surface area contributed by atoms with Crippen LogP contribution in [0, 0.1) is 0 Å². The monoisotopic (exact) mass is 483 g/mol. The Morgan fingerprint density at radius 1 is 1.37 bits per heavy atom. The van der Waals surface area contributed by atoms with E-state index in [1.54, 1.807) is 11.3 Å². The van der Waals surface area contributed by atoms with E-state index in [0.29, 0.717) is 5.75 Å². The number of carbonyl (C=O) groups excluding carboxylic acids is 3. The quantitative estimate of drug-likeness (QED) is 0.177. The van der Waals surface area contributed by atoms with E-state index in [9.17, 15) is 24.3 Å². The average Bonchev–Trinajstić information content (AvgIpc) is 3.13. The van der Waals surface area contributed by atoms with Crippen molar-refractivity contribution in [2.45, 2.75) is 30.2 Å². The third-order valence-electron chi connectivity index (χ3n) is 3.22. The average molecular weight is 482 g/mol. The Bertz CT molecular complexity index is 644. The molecular weight excluding hydrogens is 461 g/mol. The molecule has 1 heterocycles. The molecule has 0 aliphatic carbocycles. The van der Waals surface area contributed by atoms with Crippen molar-refractivity contribution >= 4 is 59.1 Å². The first-order valence-electron chi connectivity index (χ1n) is 7.89. The molecule has 1 aromatic heterocycles. The van der Waals surface area contributed by atoms with E-state index < -0.39 is 42.4 Å². The SMILES string of the molecule is [NH3+]C(CCC(=O)NC(CS[Se]Cc1cccs1)C(=O)NCC(=O)O)C(=O)[O-]. The van der Waals surface area contributed by atoms with Crippen molar-refractivity contribution in [3.05, 3.63) is 22.4 Å². The van der Waals surface area contributed by atoms with E-state index in [0.717, 1.165) is 5.32 Å². The van der Waals surface area contributed by atoms with Crippen LogP contribution >= 0.6 is 21.5 Å². The molecular formula is C15H21N3O6S2Se. The number of nitrogens with one attached hydrogen (secondary N) is 2. The summed E-state index contributed by atoms with van der Waals surface area (Å²) in [6.45, 7) is -0.540. The maximum atomic E-state index is 12.1. The summed E-state index contributed by atoms with van der Waals surface area (Å²) in [6, 6.07) is 2.08. The fourth-order valence-corrected chi connectivity index (χ4v) is 7.09. The van der Waals surface area contributed by atoms with Crippen molar-refractivity contribution in [1.82, 2.24) is 10.6 Å². The molecule has 9 nitrogen and oxygen atoms in total. The number of carboxylic acid groups (broad SMARTS) is 2. The summed E-state index contributed by atoms with van der Waals surface area (Å²) in [4.78, 5) is 46.6. The Labute approximate surface area is 169 Å². The van der Waals surface area contributed by atoms with E-state index in [1.165, 1.54) is 15.1 Å². The zero-order valence-electron chi connectivity index (χ0n) is 14.3. The minimum absolute atomic E-state index is 0.00686. The number of carboxylic acids is 2. The molecule has 1 rings (SSSR count). The molecule has 0 spiro atoms. The summed E-state index contributed by atoms with van der Waals surface area (Å²) < 4.78 is 0. The molecule has 0 aliphatic rings. The number of aliphatic carboxylic acids is 2. The number of rotatable bonds is 13. The number of thiophene rings is 1. The van der Waals surface area contributed by atoms with Crippen molar-refractivity contribution in [2.24, 2.45) is 0 Å². The molecule has 12 heteroatoms. The first kappa shape index (κ1) is 23.4. The zero-order valence-corrected chi connectivity index (χ0v) is 17.7. The first-order chi connectivity index (χ1) is 12.8. The molecule has 0 radical (unpaired) electrons. The van der Waals surface area contributed by atoms with Gasteiger partial charge in [-0.2, -0.15) is 0 Å². The van der Waals surface area contributed by atoms with E-state index in [-0.39, 0.29) is 26.7 Å². The molecule has 1 aromatic rings. The van der Waals surface area contributed by atoms with Gasteiger partial charge in [0.05, 0.1) is 0 Å². The van der Waals surface area contributed by atoms with Crippen LogP contribution in [0.25, 0.3) is 0 Å². The van der Waals surface area contributed by atoms with Crippen molar-refractivity contribution in [2.75, 3.05) is 12.3 Å². The van der Waals surface area contributed by atoms with Gasteiger partial charge in [0.25, 0.3) is 0 Å². The van der Waals surface area contributed by atoms with Gasteiger partial charge in [0.15, 0.2) is 0 Å².